The van der Waals surface area contributed by atoms with E-state index in [-0.39, 0.29) is 11.3 Å². The summed E-state index contributed by atoms with van der Waals surface area (Å²) in [5, 5.41) is 5.33. The first-order valence-corrected chi connectivity index (χ1v) is 9.79. The quantitative estimate of drug-likeness (QED) is 0.629. The van der Waals surface area contributed by atoms with Crippen molar-refractivity contribution in [2.24, 2.45) is 0 Å². The SMILES string of the molecule is COc1cc(OC)cc(C(=O)Nc2nc(-c3ccc(C(C)(C)C)cc3)cs2)c1. The summed E-state index contributed by atoms with van der Waals surface area (Å²) < 4.78 is 10.4. The Morgan fingerprint density at radius 3 is 2.14 bits per heavy atom. The van der Waals surface area contributed by atoms with E-state index in [0.29, 0.717) is 22.2 Å². The highest BCUT2D eigenvalue weighted by Gasteiger charge is 2.15. The molecule has 5 nitrogen and oxygen atoms in total. The molecule has 0 spiro atoms. The zero-order chi connectivity index (χ0) is 20.3. The van der Waals surface area contributed by atoms with Crippen LogP contribution in [0.15, 0.2) is 47.8 Å². The van der Waals surface area contributed by atoms with Crippen LogP contribution >= 0.6 is 11.3 Å². The minimum absolute atomic E-state index is 0.109. The standard InChI is InChI=1S/C22H24N2O3S/c1-22(2,3)16-8-6-14(7-9-16)19-13-28-21(23-19)24-20(25)15-10-17(26-4)12-18(11-15)27-5/h6-13H,1-5H3,(H,23,24,25). The Hall–Kier alpha value is -2.86. The molecule has 0 radical (unpaired) electrons. The largest absolute Gasteiger partial charge is 0.497 e. The van der Waals surface area contributed by atoms with Crippen LogP contribution in [0.4, 0.5) is 5.13 Å². The van der Waals surface area contributed by atoms with Crippen LogP contribution < -0.4 is 14.8 Å². The van der Waals surface area contributed by atoms with Crippen LogP contribution in [-0.4, -0.2) is 25.1 Å². The Bertz CT molecular complexity index is 950. The van der Waals surface area contributed by atoms with Gasteiger partial charge in [-0.25, -0.2) is 4.98 Å². The highest BCUT2D eigenvalue weighted by Crippen LogP contribution is 2.29. The first-order valence-electron chi connectivity index (χ1n) is 8.91. The van der Waals surface area contributed by atoms with Gasteiger partial charge in [-0.15, -0.1) is 11.3 Å². The second-order valence-electron chi connectivity index (χ2n) is 7.42. The molecule has 0 aliphatic carbocycles. The minimum atomic E-state index is -0.263. The molecule has 1 amide bonds. The van der Waals surface area contributed by atoms with Crippen molar-refractivity contribution in [3.8, 4) is 22.8 Å². The van der Waals surface area contributed by atoms with Gasteiger partial charge >= 0.3 is 0 Å². The number of benzene rings is 2. The Morgan fingerprint density at radius 1 is 1.00 bits per heavy atom. The third kappa shape index (κ3) is 4.51. The smallest absolute Gasteiger partial charge is 0.257 e. The number of thiazole rings is 1. The third-order valence-corrected chi connectivity index (χ3v) is 5.14. The van der Waals surface area contributed by atoms with Gasteiger partial charge < -0.3 is 9.47 Å². The number of carbonyl (C=O) groups excluding carboxylic acids is 1. The van der Waals surface area contributed by atoms with Crippen LogP contribution in [0.2, 0.25) is 0 Å². The summed E-state index contributed by atoms with van der Waals surface area (Å²) in [7, 11) is 3.10. The Labute approximate surface area is 169 Å². The zero-order valence-electron chi connectivity index (χ0n) is 16.7. The van der Waals surface area contributed by atoms with Crippen LogP contribution in [0.3, 0.4) is 0 Å². The number of amides is 1. The van der Waals surface area contributed by atoms with Gasteiger partial charge in [0, 0.05) is 22.6 Å². The van der Waals surface area contributed by atoms with Crippen LogP contribution in [0, 0.1) is 0 Å². The summed E-state index contributed by atoms with van der Waals surface area (Å²) in [6, 6.07) is 13.4. The van der Waals surface area contributed by atoms with Gasteiger partial charge in [-0.05, 0) is 23.1 Å². The fourth-order valence-corrected chi connectivity index (χ4v) is 3.43. The lowest BCUT2D eigenvalue weighted by molar-refractivity contribution is 0.102. The molecule has 0 saturated carbocycles. The van der Waals surface area contributed by atoms with Gasteiger partial charge in [0.1, 0.15) is 11.5 Å². The summed E-state index contributed by atoms with van der Waals surface area (Å²) in [6.07, 6.45) is 0. The van der Waals surface area contributed by atoms with Gasteiger partial charge in [0.15, 0.2) is 5.13 Å². The number of hydrogen-bond acceptors (Lipinski definition) is 5. The van der Waals surface area contributed by atoms with Crippen molar-refractivity contribution in [2.45, 2.75) is 26.2 Å². The molecular formula is C22H24N2O3S. The Morgan fingerprint density at radius 2 is 1.61 bits per heavy atom. The molecule has 0 bridgehead atoms. The van der Waals surface area contributed by atoms with E-state index in [9.17, 15) is 4.79 Å². The van der Waals surface area contributed by atoms with E-state index in [1.54, 1.807) is 32.4 Å². The first kappa shape index (κ1) is 19.9. The molecule has 3 rings (SSSR count). The molecular weight excluding hydrogens is 372 g/mol. The second-order valence-corrected chi connectivity index (χ2v) is 8.28. The van der Waals surface area contributed by atoms with Crippen molar-refractivity contribution >= 4 is 22.4 Å². The molecule has 1 heterocycles. The lowest BCUT2D eigenvalue weighted by Crippen LogP contribution is -2.12. The average Bonchev–Trinajstić information content (AvgIpc) is 3.15. The molecule has 0 aliphatic heterocycles. The molecule has 0 saturated heterocycles. The van der Waals surface area contributed by atoms with Crippen LogP contribution in [0.5, 0.6) is 11.5 Å². The molecule has 3 aromatic rings. The lowest BCUT2D eigenvalue weighted by Gasteiger charge is -2.18. The van der Waals surface area contributed by atoms with Crippen molar-refractivity contribution in [3.63, 3.8) is 0 Å². The highest BCUT2D eigenvalue weighted by atomic mass is 32.1. The van der Waals surface area contributed by atoms with E-state index in [2.05, 4.69) is 55.3 Å². The summed E-state index contributed by atoms with van der Waals surface area (Å²) in [5.41, 5.74) is 3.68. The maximum atomic E-state index is 12.6. The summed E-state index contributed by atoms with van der Waals surface area (Å²) in [6.45, 7) is 6.56. The van der Waals surface area contributed by atoms with Crippen LogP contribution in [0.25, 0.3) is 11.3 Å². The molecule has 2 aromatic carbocycles. The predicted molar refractivity (Wildman–Crippen MR) is 114 cm³/mol. The van der Waals surface area contributed by atoms with Gasteiger partial charge in [-0.3, -0.25) is 10.1 Å². The molecule has 0 unspecified atom stereocenters. The number of ether oxygens (including phenoxy) is 2. The highest BCUT2D eigenvalue weighted by molar-refractivity contribution is 7.14. The Kier molecular flexibility index (Phi) is 5.70. The van der Waals surface area contributed by atoms with E-state index in [4.69, 9.17) is 9.47 Å². The van der Waals surface area contributed by atoms with Crippen molar-refractivity contribution in [1.29, 1.82) is 0 Å². The normalized spacial score (nSPS) is 11.2. The van der Waals surface area contributed by atoms with Gasteiger partial charge in [-0.2, -0.15) is 0 Å². The van der Waals surface area contributed by atoms with Crippen LogP contribution in [-0.2, 0) is 5.41 Å². The van der Waals surface area contributed by atoms with Crippen molar-refractivity contribution in [3.05, 3.63) is 59.0 Å². The summed E-state index contributed by atoms with van der Waals surface area (Å²) in [5.74, 6) is 0.854. The molecule has 1 aromatic heterocycles. The first-order chi connectivity index (χ1) is 13.3. The van der Waals surface area contributed by atoms with E-state index >= 15 is 0 Å². The molecule has 6 heteroatoms. The molecule has 1 N–H and O–H groups in total. The number of rotatable bonds is 5. The number of carbonyl (C=O) groups is 1. The van der Waals surface area contributed by atoms with Crippen molar-refractivity contribution in [2.75, 3.05) is 19.5 Å². The Balaban J connectivity index is 1.77. The molecule has 0 atom stereocenters. The number of methoxy groups -OCH3 is 2. The number of aromatic nitrogens is 1. The third-order valence-electron chi connectivity index (χ3n) is 4.38. The number of anilines is 1. The fraction of sp³-hybridized carbons (Fsp3) is 0.273. The predicted octanol–water partition coefficient (Wildman–Crippen LogP) is 5.38. The van der Waals surface area contributed by atoms with Crippen molar-refractivity contribution in [1.82, 2.24) is 4.98 Å². The lowest BCUT2D eigenvalue weighted by atomic mass is 9.86. The maximum absolute atomic E-state index is 12.6. The summed E-state index contributed by atoms with van der Waals surface area (Å²) in [4.78, 5) is 17.1. The average molecular weight is 397 g/mol. The van der Waals surface area contributed by atoms with Gasteiger partial charge in [0.05, 0.1) is 19.9 Å². The van der Waals surface area contributed by atoms with E-state index in [0.717, 1.165) is 11.3 Å². The molecule has 146 valence electrons. The fourth-order valence-electron chi connectivity index (χ4n) is 2.71. The van der Waals surface area contributed by atoms with E-state index in [1.807, 2.05) is 5.38 Å². The van der Waals surface area contributed by atoms with Crippen molar-refractivity contribution < 1.29 is 14.3 Å². The second kappa shape index (κ2) is 8.02. The zero-order valence-corrected chi connectivity index (χ0v) is 17.5. The monoisotopic (exact) mass is 396 g/mol. The number of hydrogen-bond donors (Lipinski definition) is 1. The van der Waals surface area contributed by atoms with Crippen LogP contribution in [0.1, 0.15) is 36.7 Å². The maximum Gasteiger partial charge on any atom is 0.257 e. The van der Waals surface area contributed by atoms with E-state index in [1.165, 1.54) is 16.9 Å². The summed E-state index contributed by atoms with van der Waals surface area (Å²) >= 11 is 1.39. The number of nitrogens with zero attached hydrogens (tertiary/aromatic N) is 1. The van der Waals surface area contributed by atoms with E-state index < -0.39 is 0 Å². The topological polar surface area (TPSA) is 60.5 Å². The van der Waals surface area contributed by atoms with Gasteiger partial charge in [0.25, 0.3) is 5.91 Å². The minimum Gasteiger partial charge on any atom is -0.497 e. The molecule has 28 heavy (non-hydrogen) atoms. The molecule has 0 aliphatic rings. The molecule has 0 fully saturated rings. The number of nitrogens with one attached hydrogen (secondary N) is 1. The van der Waals surface area contributed by atoms with Gasteiger partial charge in [-0.1, -0.05) is 45.0 Å². The van der Waals surface area contributed by atoms with Gasteiger partial charge in [0.2, 0.25) is 0 Å².